The number of aromatic nitrogens is 7. The van der Waals surface area contributed by atoms with Gasteiger partial charge in [-0.3, -0.25) is 23.7 Å². The number of ether oxygens (including phenoxy) is 6. The monoisotopic (exact) mass is 1110 g/mol. The number of amides is 2. The number of benzene rings is 2. The number of methoxy groups -OCH3 is 4. The predicted octanol–water partition coefficient (Wildman–Crippen LogP) is 6.64. The molecule has 0 fully saturated rings. The SMILES string of the molecule is C=C(F)C(=O)NCc1cnn(Cc2cc(OC(F)F)c3c(NSC4=C(OC)C=CNC4OC)noc3c2)c1.CC#CC(=O)NCc1cnn(Cc2cc(OC(F)F)c3c(NS(=O)c4c(OC)ccnc4OC)noc3c2)c1. The lowest BCUT2D eigenvalue weighted by Crippen LogP contribution is -2.31. The van der Waals surface area contributed by atoms with E-state index in [-0.39, 0.29) is 87.8 Å². The lowest BCUT2D eigenvalue weighted by atomic mass is 10.1. The summed E-state index contributed by atoms with van der Waals surface area (Å²) in [6.07, 6.45) is 10.6. The molecule has 0 radical (unpaired) electrons. The first-order valence-electron chi connectivity index (χ1n) is 22.1. The summed E-state index contributed by atoms with van der Waals surface area (Å²) in [6, 6.07) is 7.49. The number of nitrogens with zero attached hydrogens (tertiary/aromatic N) is 7. The second-order valence-electron chi connectivity index (χ2n) is 15.5. The molecule has 30 heteroatoms. The van der Waals surface area contributed by atoms with Crippen LogP contribution in [0.2, 0.25) is 0 Å². The topological polar surface area (TPSA) is 267 Å². The maximum Gasteiger partial charge on any atom is 0.387 e. The highest BCUT2D eigenvalue weighted by Crippen LogP contribution is 2.39. The molecule has 0 spiro atoms. The van der Waals surface area contributed by atoms with Gasteiger partial charge in [0.05, 0.1) is 51.7 Å². The quantitative estimate of drug-likeness (QED) is 0.0194. The number of alkyl halides is 4. The van der Waals surface area contributed by atoms with E-state index in [2.05, 4.69) is 69.3 Å². The zero-order chi connectivity index (χ0) is 55.2. The maximum atomic E-state index is 13.3. The number of allylic oxidation sites excluding steroid dienone is 1. The van der Waals surface area contributed by atoms with Gasteiger partial charge in [0.25, 0.3) is 11.8 Å². The van der Waals surface area contributed by atoms with Crippen molar-refractivity contribution in [3.05, 3.63) is 119 Å². The maximum absolute atomic E-state index is 13.3. The third-order valence-corrected chi connectivity index (χ3v) is 12.4. The number of fused-ring (bicyclic) bond motifs is 2. The van der Waals surface area contributed by atoms with E-state index < -0.39 is 48.1 Å². The largest absolute Gasteiger partial charge is 0.496 e. The van der Waals surface area contributed by atoms with Crippen LogP contribution in [0.1, 0.15) is 29.2 Å². The van der Waals surface area contributed by atoms with Gasteiger partial charge in [0.15, 0.2) is 50.7 Å². The molecule has 8 rings (SSSR count). The van der Waals surface area contributed by atoms with E-state index in [0.29, 0.717) is 32.9 Å². The highest BCUT2D eigenvalue weighted by molar-refractivity contribution is 8.04. The van der Waals surface area contributed by atoms with Gasteiger partial charge in [0, 0.05) is 62.2 Å². The molecule has 1 aliphatic heterocycles. The van der Waals surface area contributed by atoms with Crippen LogP contribution >= 0.6 is 11.9 Å². The smallest absolute Gasteiger partial charge is 0.387 e. The number of dihydropyridines is 1. The number of hydrogen-bond acceptors (Lipinski definition) is 19. The Morgan fingerprint density at radius 3 is 1.99 bits per heavy atom. The van der Waals surface area contributed by atoms with E-state index in [1.807, 2.05) is 0 Å². The van der Waals surface area contributed by atoms with Crippen molar-refractivity contribution in [2.45, 2.75) is 57.4 Å². The average molecular weight is 1110 g/mol. The van der Waals surface area contributed by atoms with Crippen molar-refractivity contribution >= 4 is 68.3 Å². The van der Waals surface area contributed by atoms with Crippen molar-refractivity contribution in [3.63, 3.8) is 0 Å². The molecule has 2 amide bonds. The van der Waals surface area contributed by atoms with Gasteiger partial charge in [-0.05, 0) is 66.3 Å². The Balaban J connectivity index is 0.000000224. The van der Waals surface area contributed by atoms with Crippen LogP contribution in [0.25, 0.3) is 21.9 Å². The third-order valence-electron chi connectivity index (χ3n) is 10.4. The minimum absolute atomic E-state index is 0.0335. The summed E-state index contributed by atoms with van der Waals surface area (Å²) in [5, 5.41) is 24.5. The van der Waals surface area contributed by atoms with Crippen LogP contribution in [-0.4, -0.2) is 98.8 Å². The van der Waals surface area contributed by atoms with Crippen LogP contribution < -0.4 is 44.3 Å². The van der Waals surface area contributed by atoms with Crippen LogP contribution in [0, 0.1) is 11.8 Å². The van der Waals surface area contributed by atoms with E-state index >= 15 is 0 Å². The van der Waals surface area contributed by atoms with Crippen LogP contribution in [0.15, 0.2) is 111 Å². The summed E-state index contributed by atoms with van der Waals surface area (Å²) in [7, 11) is 3.74. The Kier molecular flexibility index (Phi) is 19.0. The summed E-state index contributed by atoms with van der Waals surface area (Å²) in [6.45, 7) is -1.18. The van der Waals surface area contributed by atoms with Gasteiger partial charge in [-0.2, -0.15) is 27.8 Å². The van der Waals surface area contributed by atoms with Gasteiger partial charge < -0.3 is 58.1 Å². The van der Waals surface area contributed by atoms with Crippen LogP contribution in [0.4, 0.5) is 33.6 Å². The zero-order valence-corrected chi connectivity index (χ0v) is 42.7. The molecule has 23 nitrogen and oxygen atoms in total. The molecule has 0 saturated heterocycles. The molecule has 6 heterocycles. The molecule has 0 bridgehead atoms. The van der Waals surface area contributed by atoms with E-state index in [4.69, 9.17) is 37.5 Å². The first-order valence-corrected chi connectivity index (χ1v) is 24.1. The van der Waals surface area contributed by atoms with Crippen molar-refractivity contribution in [1.82, 2.24) is 50.8 Å². The minimum Gasteiger partial charge on any atom is -0.496 e. The molecule has 2 unspecified atom stereocenters. The second-order valence-corrected chi connectivity index (χ2v) is 17.5. The summed E-state index contributed by atoms with van der Waals surface area (Å²) >= 11 is 1.11. The van der Waals surface area contributed by atoms with E-state index in [1.165, 1.54) is 63.7 Å². The fourth-order valence-corrected chi connectivity index (χ4v) is 9.03. The van der Waals surface area contributed by atoms with Crippen molar-refractivity contribution < 1.29 is 73.2 Å². The Hall–Kier alpha value is -8.82. The molecule has 5 N–H and O–H groups in total. The summed E-state index contributed by atoms with van der Waals surface area (Å²) in [5.74, 6) is 2.91. The molecule has 0 saturated carbocycles. The third kappa shape index (κ3) is 14.3. The highest BCUT2D eigenvalue weighted by atomic mass is 32.2. The number of pyridine rings is 1. The van der Waals surface area contributed by atoms with Crippen molar-refractivity contribution in [2.75, 3.05) is 37.9 Å². The van der Waals surface area contributed by atoms with Crippen LogP contribution in [0.5, 0.6) is 23.1 Å². The molecular weight excluding hydrogens is 1070 g/mol. The predicted molar refractivity (Wildman–Crippen MR) is 267 cm³/mol. The van der Waals surface area contributed by atoms with Crippen LogP contribution in [0.3, 0.4) is 0 Å². The van der Waals surface area contributed by atoms with Crippen LogP contribution in [-0.2, 0) is 56.2 Å². The summed E-state index contributed by atoms with van der Waals surface area (Å²) in [5.41, 5.74) is 2.65. The van der Waals surface area contributed by atoms with Gasteiger partial charge in [0.2, 0.25) is 5.88 Å². The second kappa shape index (κ2) is 26.1. The van der Waals surface area contributed by atoms with Gasteiger partial charge >= 0.3 is 13.2 Å². The highest BCUT2D eigenvalue weighted by Gasteiger charge is 2.26. The summed E-state index contributed by atoms with van der Waals surface area (Å²) in [4.78, 5) is 27.6. The molecule has 406 valence electrons. The Labute approximate surface area is 440 Å². The van der Waals surface area contributed by atoms with E-state index in [0.717, 1.165) is 11.9 Å². The summed E-state index contributed by atoms with van der Waals surface area (Å²) < 4.78 is 129. The number of rotatable bonds is 23. The average Bonchev–Trinajstić information content (AvgIpc) is 4.25. The molecule has 7 aromatic rings. The molecule has 5 aromatic heterocycles. The fraction of sp³-hybridized carbons (Fsp3) is 0.255. The fourth-order valence-electron chi connectivity index (χ4n) is 7.12. The zero-order valence-electron chi connectivity index (χ0n) is 41.0. The lowest BCUT2D eigenvalue weighted by Gasteiger charge is -2.23. The molecule has 1 aliphatic rings. The van der Waals surface area contributed by atoms with Gasteiger partial charge in [-0.15, -0.1) is 0 Å². The first-order chi connectivity index (χ1) is 37.1. The van der Waals surface area contributed by atoms with Crippen molar-refractivity contribution in [1.29, 1.82) is 0 Å². The van der Waals surface area contributed by atoms with Gasteiger partial charge in [0.1, 0.15) is 33.8 Å². The minimum atomic E-state index is -3.15. The number of carbonyl (C=O) groups excluding carboxylic acids is 2. The number of carbonyl (C=O) groups is 2. The molecule has 77 heavy (non-hydrogen) atoms. The Bertz CT molecular complexity index is 3390. The lowest BCUT2D eigenvalue weighted by molar-refractivity contribution is -0.119. The normalized spacial score (nSPS) is 13.3. The molecule has 2 atom stereocenters. The van der Waals surface area contributed by atoms with Crippen molar-refractivity contribution in [2.24, 2.45) is 0 Å². The van der Waals surface area contributed by atoms with Crippen molar-refractivity contribution in [3.8, 4) is 35.0 Å². The number of nitrogens with one attached hydrogen (secondary N) is 5. The molecule has 0 aliphatic carbocycles. The Morgan fingerprint density at radius 1 is 0.844 bits per heavy atom. The molecular formula is C47H45F5N12O11S2. The Morgan fingerprint density at radius 2 is 1.44 bits per heavy atom. The first kappa shape index (κ1) is 55.9. The number of hydrogen-bond donors (Lipinski definition) is 5. The number of halogens is 5. The van der Waals surface area contributed by atoms with Gasteiger partial charge in [-0.1, -0.05) is 22.8 Å². The molecule has 2 aromatic carbocycles. The van der Waals surface area contributed by atoms with E-state index in [9.17, 15) is 35.8 Å². The van der Waals surface area contributed by atoms with Gasteiger partial charge in [-0.25, -0.2) is 13.6 Å². The standard InChI is InChI=1S/C24H22F2N6O6S.C23H23F3N6O5S/c1-4-5-19(33)28-10-15-11-29-32(13-15)12-14-8-17(37-24(25)26)20-18(9-14)38-30-22(20)31-39(34)21-16(35-2)6-7-27-23(21)36-3;1-12(24)21(33)28-8-14-9-29-32(11-14)10-13-6-16(36-23(25)26)18-17(7-13)37-30-20(18)31-38-19-15(34-2)4-5-27-22(19)35-3/h6-9,11,13,24H,10,12H2,1-3H3,(H,28,33)(H,30,31);4-7,9,11,22-23,27H,1,8,10H2,2-3H3,(H,28,33)(H,30,31). The number of anilines is 2. The van der Waals surface area contributed by atoms with E-state index in [1.54, 1.807) is 54.6 Å².